The van der Waals surface area contributed by atoms with E-state index in [4.69, 9.17) is 16.2 Å². The number of carbonyl (C=O) groups excluding carboxylic acids is 2. The predicted molar refractivity (Wildman–Crippen MR) is 135 cm³/mol. The van der Waals surface area contributed by atoms with Crippen LogP contribution in [0.4, 0.5) is 15.2 Å². The van der Waals surface area contributed by atoms with E-state index in [0.29, 0.717) is 46.6 Å². The molecule has 0 saturated carbocycles. The van der Waals surface area contributed by atoms with Crippen LogP contribution in [0.2, 0.25) is 0 Å². The number of morpholine rings is 1. The number of primary amides is 2. The van der Waals surface area contributed by atoms with Gasteiger partial charge < -0.3 is 26.6 Å². The quantitative estimate of drug-likeness (QED) is 0.363. The predicted octanol–water partition coefficient (Wildman–Crippen LogP) is 2.71. The van der Waals surface area contributed by atoms with Crippen molar-refractivity contribution in [2.75, 3.05) is 25.1 Å². The molecule has 3 heterocycles. The summed E-state index contributed by atoms with van der Waals surface area (Å²) in [6, 6.07) is 10.9. The molecule has 190 valence electrons. The summed E-state index contributed by atoms with van der Waals surface area (Å²) in [5.41, 5.74) is 11.5. The number of nitrogens with two attached hydrogens (primary N) is 2. The Kier molecular flexibility index (Phi) is 7.36. The average molecular weight is 514 g/mol. The van der Waals surface area contributed by atoms with Crippen LogP contribution in [-0.4, -0.2) is 52.6 Å². The Morgan fingerprint density at radius 1 is 1.28 bits per heavy atom. The van der Waals surface area contributed by atoms with E-state index in [1.807, 2.05) is 11.0 Å². The number of aliphatic hydroxyl groups is 1. The molecule has 1 saturated heterocycles. The molecule has 0 spiro atoms. The summed E-state index contributed by atoms with van der Waals surface area (Å²) in [6.45, 7) is 4.83. The highest BCUT2D eigenvalue weighted by Gasteiger charge is 2.28. The van der Waals surface area contributed by atoms with E-state index in [-0.39, 0.29) is 17.7 Å². The zero-order chi connectivity index (χ0) is 26.0. The van der Waals surface area contributed by atoms with Gasteiger partial charge in [-0.15, -0.1) is 11.3 Å². The van der Waals surface area contributed by atoms with E-state index in [9.17, 15) is 19.1 Å². The van der Waals surface area contributed by atoms with Crippen LogP contribution in [0.15, 0.2) is 42.5 Å². The molecule has 2 amide bonds. The first kappa shape index (κ1) is 25.7. The monoisotopic (exact) mass is 513 g/mol. The van der Waals surface area contributed by atoms with Crippen molar-refractivity contribution in [2.24, 2.45) is 11.5 Å². The number of rotatable bonds is 8. The number of hydrogen-bond donors (Lipinski definition) is 4. The first-order chi connectivity index (χ1) is 17.0. The molecular weight excluding hydrogens is 485 g/mol. The van der Waals surface area contributed by atoms with E-state index in [2.05, 4.69) is 10.3 Å². The molecule has 11 heteroatoms. The molecule has 1 fully saturated rings. The van der Waals surface area contributed by atoms with Crippen LogP contribution in [-0.2, 0) is 21.7 Å². The van der Waals surface area contributed by atoms with Gasteiger partial charge in [0, 0.05) is 23.5 Å². The minimum Gasteiger partial charge on any atom is -0.386 e. The van der Waals surface area contributed by atoms with Gasteiger partial charge in [0.15, 0.2) is 0 Å². The van der Waals surface area contributed by atoms with Gasteiger partial charge in [-0.2, -0.15) is 0 Å². The maximum atomic E-state index is 14.9. The van der Waals surface area contributed by atoms with Crippen LogP contribution in [0.25, 0.3) is 10.4 Å². The number of halogens is 1. The lowest BCUT2D eigenvalue weighted by Crippen LogP contribution is -2.51. The number of benzene rings is 1. The Bertz CT molecular complexity index is 1290. The Morgan fingerprint density at radius 2 is 2.06 bits per heavy atom. The van der Waals surface area contributed by atoms with Crippen LogP contribution >= 0.6 is 11.3 Å². The molecule has 1 aliphatic rings. The number of nitrogens with one attached hydrogen (secondary N) is 1. The van der Waals surface area contributed by atoms with Gasteiger partial charge in [-0.3, -0.25) is 14.5 Å². The van der Waals surface area contributed by atoms with Gasteiger partial charge in [0.05, 0.1) is 30.1 Å². The molecule has 4 rings (SSSR count). The number of nitrogens with zero attached hydrogens (tertiary/aromatic N) is 2. The molecule has 1 aliphatic heterocycles. The maximum Gasteiger partial charge on any atom is 0.251 e. The zero-order valence-electron chi connectivity index (χ0n) is 20.0. The molecular formula is C25H28FN5O4S. The van der Waals surface area contributed by atoms with Crippen molar-refractivity contribution < 1.29 is 23.8 Å². The molecule has 0 bridgehead atoms. The lowest BCUT2D eigenvalue weighted by atomic mass is 9.96. The SMILES string of the molecule is CC(C)(O)c1ccc(-c2cc(C(N)=O)c(Nc3cccc(CN4CCOCC4C(N)=O)n3)s2)c(F)c1. The van der Waals surface area contributed by atoms with E-state index in [0.717, 1.165) is 0 Å². The Balaban J connectivity index is 1.59. The summed E-state index contributed by atoms with van der Waals surface area (Å²) >= 11 is 1.17. The Morgan fingerprint density at radius 3 is 2.72 bits per heavy atom. The first-order valence-corrected chi connectivity index (χ1v) is 12.1. The third kappa shape index (κ3) is 5.71. The van der Waals surface area contributed by atoms with Crippen molar-refractivity contribution in [3.8, 4) is 10.4 Å². The van der Waals surface area contributed by atoms with Gasteiger partial charge in [-0.25, -0.2) is 9.37 Å². The fourth-order valence-corrected chi connectivity index (χ4v) is 5.04. The highest BCUT2D eigenvalue weighted by Crippen LogP contribution is 2.38. The first-order valence-electron chi connectivity index (χ1n) is 11.3. The van der Waals surface area contributed by atoms with Crippen LogP contribution in [0.5, 0.6) is 0 Å². The van der Waals surface area contributed by atoms with Gasteiger partial charge in [0.25, 0.3) is 5.91 Å². The molecule has 6 N–H and O–H groups in total. The number of pyridine rings is 1. The molecule has 1 aromatic carbocycles. The maximum absolute atomic E-state index is 14.9. The minimum atomic E-state index is -1.19. The van der Waals surface area contributed by atoms with E-state index in [1.54, 1.807) is 38.1 Å². The third-order valence-electron chi connectivity index (χ3n) is 5.92. The standard InChI is InChI=1S/C25H28FN5O4S/c1-25(2,34)14-6-7-16(18(26)10-14)20-11-17(22(27)32)24(36-20)30-21-5-3-4-15(29-21)12-31-8-9-35-13-19(31)23(28)33/h3-7,10-11,19,34H,8-9,12-13H2,1-2H3,(H2,27,32)(H2,28,33)(H,29,30). The normalized spacial score (nSPS) is 16.6. The molecule has 1 atom stereocenters. The highest BCUT2D eigenvalue weighted by molar-refractivity contribution is 7.19. The fourth-order valence-electron chi connectivity index (χ4n) is 3.95. The topological polar surface area (TPSA) is 144 Å². The number of ether oxygens (including phenoxy) is 1. The number of amides is 2. The molecule has 0 aliphatic carbocycles. The van der Waals surface area contributed by atoms with Crippen LogP contribution in [0.3, 0.4) is 0 Å². The summed E-state index contributed by atoms with van der Waals surface area (Å²) in [7, 11) is 0. The molecule has 9 nitrogen and oxygen atoms in total. The molecule has 3 aromatic rings. The molecule has 0 radical (unpaired) electrons. The third-order valence-corrected chi connectivity index (χ3v) is 7.00. The number of anilines is 2. The van der Waals surface area contributed by atoms with Crippen molar-refractivity contribution in [1.82, 2.24) is 9.88 Å². The number of thiophene rings is 1. The van der Waals surface area contributed by atoms with E-state index in [1.165, 1.54) is 23.5 Å². The Hall–Kier alpha value is -3.38. The smallest absolute Gasteiger partial charge is 0.251 e. The Labute approximate surface area is 211 Å². The number of aromatic nitrogens is 1. The largest absolute Gasteiger partial charge is 0.386 e. The minimum absolute atomic E-state index is 0.204. The number of hydrogen-bond acceptors (Lipinski definition) is 8. The highest BCUT2D eigenvalue weighted by atomic mass is 32.1. The van der Waals surface area contributed by atoms with Crippen LogP contribution in [0.1, 0.15) is 35.5 Å². The summed E-state index contributed by atoms with van der Waals surface area (Å²) in [4.78, 5) is 30.9. The fraction of sp³-hybridized carbons (Fsp3) is 0.320. The van der Waals surface area contributed by atoms with Gasteiger partial charge in [-0.1, -0.05) is 18.2 Å². The lowest BCUT2D eigenvalue weighted by Gasteiger charge is -2.33. The second-order valence-electron chi connectivity index (χ2n) is 9.07. The van der Waals surface area contributed by atoms with Crippen molar-refractivity contribution in [3.63, 3.8) is 0 Å². The summed E-state index contributed by atoms with van der Waals surface area (Å²) < 4.78 is 20.3. The van der Waals surface area contributed by atoms with Crippen LogP contribution in [0, 0.1) is 5.82 Å². The van der Waals surface area contributed by atoms with Crippen molar-refractivity contribution in [3.05, 3.63) is 65.1 Å². The lowest BCUT2D eigenvalue weighted by molar-refractivity contribution is -0.129. The zero-order valence-corrected chi connectivity index (χ0v) is 20.8. The van der Waals surface area contributed by atoms with Gasteiger partial charge in [0.1, 0.15) is 22.7 Å². The summed E-state index contributed by atoms with van der Waals surface area (Å²) in [5.74, 6) is -1.18. The second kappa shape index (κ2) is 10.3. The van der Waals surface area contributed by atoms with E-state index >= 15 is 0 Å². The van der Waals surface area contributed by atoms with Gasteiger partial charge in [0.2, 0.25) is 5.91 Å². The molecule has 36 heavy (non-hydrogen) atoms. The van der Waals surface area contributed by atoms with Crippen molar-refractivity contribution in [2.45, 2.75) is 32.0 Å². The van der Waals surface area contributed by atoms with E-state index < -0.39 is 29.3 Å². The number of carbonyl (C=O) groups is 2. The van der Waals surface area contributed by atoms with Crippen LogP contribution < -0.4 is 16.8 Å². The van der Waals surface area contributed by atoms with Crippen molar-refractivity contribution in [1.29, 1.82) is 0 Å². The summed E-state index contributed by atoms with van der Waals surface area (Å²) in [5, 5.41) is 13.7. The summed E-state index contributed by atoms with van der Waals surface area (Å²) in [6.07, 6.45) is 0. The molecule has 1 unspecified atom stereocenters. The molecule has 2 aromatic heterocycles. The van der Waals surface area contributed by atoms with Gasteiger partial charge >= 0.3 is 0 Å². The van der Waals surface area contributed by atoms with Crippen molar-refractivity contribution >= 4 is 34.0 Å². The average Bonchev–Trinajstić information content (AvgIpc) is 3.22. The second-order valence-corrected chi connectivity index (χ2v) is 10.1. The van der Waals surface area contributed by atoms with Gasteiger partial charge in [-0.05, 0) is 43.7 Å².